The highest BCUT2D eigenvalue weighted by atomic mass is 16.4. The van der Waals surface area contributed by atoms with Crippen LogP contribution in [0.2, 0.25) is 0 Å². The molecule has 1 unspecified atom stereocenters. The van der Waals surface area contributed by atoms with Gasteiger partial charge in [0.15, 0.2) is 0 Å². The second-order valence-electron chi connectivity index (χ2n) is 4.81. The van der Waals surface area contributed by atoms with Crippen molar-refractivity contribution in [3.63, 3.8) is 0 Å². The Balaban J connectivity index is 2.07. The molecular formula is C12H22N2O3. The Kier molecular flexibility index (Phi) is 5.97. The summed E-state index contributed by atoms with van der Waals surface area (Å²) in [5.41, 5.74) is 0. The number of carboxylic acids is 1. The predicted octanol–water partition coefficient (Wildman–Crippen LogP) is 0.699. The second kappa shape index (κ2) is 7.27. The summed E-state index contributed by atoms with van der Waals surface area (Å²) >= 11 is 0. The lowest BCUT2D eigenvalue weighted by Gasteiger charge is -2.20. The van der Waals surface area contributed by atoms with Gasteiger partial charge in [-0.25, -0.2) is 0 Å². The minimum absolute atomic E-state index is 0.0752. The minimum atomic E-state index is -0.926. The maximum atomic E-state index is 11.3. The van der Waals surface area contributed by atoms with Gasteiger partial charge in [0.2, 0.25) is 5.91 Å². The maximum Gasteiger partial charge on any atom is 0.303 e. The molecule has 1 rings (SSSR count). The Bertz CT molecular complexity index is 262. The lowest BCUT2D eigenvalue weighted by molar-refractivity contribution is -0.138. The van der Waals surface area contributed by atoms with Gasteiger partial charge in [-0.3, -0.25) is 9.59 Å². The number of carboxylic acid groups (broad SMARTS) is 1. The highest BCUT2D eigenvalue weighted by Crippen LogP contribution is 2.09. The van der Waals surface area contributed by atoms with E-state index in [1.165, 1.54) is 12.8 Å². The highest BCUT2D eigenvalue weighted by Gasteiger charge is 2.15. The Morgan fingerprint density at radius 2 is 1.94 bits per heavy atom. The number of nitrogens with one attached hydrogen (secondary N) is 1. The zero-order valence-electron chi connectivity index (χ0n) is 10.4. The fourth-order valence-corrected chi connectivity index (χ4v) is 2.07. The molecule has 1 aliphatic rings. The van der Waals surface area contributed by atoms with Crippen LogP contribution in [0.3, 0.4) is 0 Å². The van der Waals surface area contributed by atoms with E-state index in [0.717, 1.165) is 19.6 Å². The quantitative estimate of drug-likeness (QED) is 0.689. The summed E-state index contributed by atoms with van der Waals surface area (Å²) < 4.78 is 0. The van der Waals surface area contributed by atoms with Crippen molar-refractivity contribution in [2.45, 2.75) is 32.6 Å². The summed E-state index contributed by atoms with van der Waals surface area (Å²) in [5, 5.41) is 11.2. The van der Waals surface area contributed by atoms with Crippen LogP contribution in [0, 0.1) is 5.92 Å². The number of hydrogen-bond donors (Lipinski definition) is 2. The number of aliphatic carboxylic acids is 1. The molecule has 0 aromatic heterocycles. The highest BCUT2D eigenvalue weighted by molar-refractivity contribution is 5.80. The van der Waals surface area contributed by atoms with Gasteiger partial charge >= 0.3 is 5.97 Å². The van der Waals surface area contributed by atoms with E-state index in [2.05, 4.69) is 17.1 Å². The Morgan fingerprint density at radius 1 is 1.29 bits per heavy atom. The fraction of sp³-hybridized carbons (Fsp3) is 0.833. The first-order valence-electron chi connectivity index (χ1n) is 6.29. The fourth-order valence-electron chi connectivity index (χ4n) is 2.07. The third-order valence-electron chi connectivity index (χ3n) is 2.98. The Labute approximate surface area is 102 Å². The molecule has 1 aliphatic heterocycles. The molecule has 0 bridgehead atoms. The Morgan fingerprint density at radius 3 is 2.53 bits per heavy atom. The van der Waals surface area contributed by atoms with Crippen molar-refractivity contribution >= 4 is 11.9 Å². The zero-order chi connectivity index (χ0) is 12.7. The average molecular weight is 242 g/mol. The van der Waals surface area contributed by atoms with Gasteiger partial charge in [-0.1, -0.05) is 6.92 Å². The van der Waals surface area contributed by atoms with E-state index in [4.69, 9.17) is 5.11 Å². The standard InChI is InChI=1S/C12H22N2O3/c1-10(9-14-6-2-3-7-14)8-13-11(15)4-5-12(16)17/h10H,2-9H2,1H3,(H,13,15)(H,16,17). The molecule has 1 fully saturated rings. The van der Waals surface area contributed by atoms with Crippen LogP contribution in [0.15, 0.2) is 0 Å². The van der Waals surface area contributed by atoms with E-state index in [-0.39, 0.29) is 18.7 Å². The number of rotatable bonds is 7. The summed E-state index contributed by atoms with van der Waals surface area (Å²) in [6.45, 7) is 6.08. The third kappa shape index (κ3) is 6.26. The monoisotopic (exact) mass is 242 g/mol. The summed E-state index contributed by atoms with van der Waals surface area (Å²) in [6.07, 6.45) is 2.54. The van der Waals surface area contributed by atoms with Gasteiger partial charge in [0, 0.05) is 19.5 Å². The minimum Gasteiger partial charge on any atom is -0.481 e. The van der Waals surface area contributed by atoms with Crippen LogP contribution < -0.4 is 5.32 Å². The van der Waals surface area contributed by atoms with Gasteiger partial charge in [-0.05, 0) is 31.8 Å². The normalized spacial score (nSPS) is 17.9. The first-order chi connectivity index (χ1) is 8.08. The number of carbonyl (C=O) groups is 2. The molecule has 1 amide bonds. The molecule has 5 heteroatoms. The molecule has 0 spiro atoms. The first-order valence-corrected chi connectivity index (χ1v) is 6.29. The molecule has 0 aliphatic carbocycles. The SMILES string of the molecule is CC(CNC(=O)CCC(=O)O)CN1CCCC1. The average Bonchev–Trinajstić information content (AvgIpc) is 2.76. The van der Waals surface area contributed by atoms with Crippen molar-refractivity contribution in [3.05, 3.63) is 0 Å². The van der Waals surface area contributed by atoms with Crippen LogP contribution >= 0.6 is 0 Å². The van der Waals surface area contributed by atoms with Crippen molar-refractivity contribution in [1.82, 2.24) is 10.2 Å². The molecule has 5 nitrogen and oxygen atoms in total. The molecule has 0 radical (unpaired) electrons. The molecule has 1 heterocycles. The van der Waals surface area contributed by atoms with Gasteiger partial charge < -0.3 is 15.3 Å². The maximum absolute atomic E-state index is 11.3. The number of carbonyl (C=O) groups excluding carboxylic acids is 1. The Hall–Kier alpha value is -1.10. The van der Waals surface area contributed by atoms with E-state index in [0.29, 0.717) is 12.5 Å². The molecule has 98 valence electrons. The van der Waals surface area contributed by atoms with E-state index in [9.17, 15) is 9.59 Å². The second-order valence-corrected chi connectivity index (χ2v) is 4.81. The van der Waals surface area contributed by atoms with Crippen molar-refractivity contribution in [2.75, 3.05) is 26.2 Å². The van der Waals surface area contributed by atoms with Crippen molar-refractivity contribution in [2.24, 2.45) is 5.92 Å². The van der Waals surface area contributed by atoms with Crippen LogP contribution in [-0.4, -0.2) is 48.1 Å². The van der Waals surface area contributed by atoms with Gasteiger partial charge in [-0.15, -0.1) is 0 Å². The lowest BCUT2D eigenvalue weighted by Crippen LogP contribution is -2.34. The van der Waals surface area contributed by atoms with E-state index in [1.54, 1.807) is 0 Å². The summed E-state index contributed by atoms with van der Waals surface area (Å²) in [7, 11) is 0. The van der Waals surface area contributed by atoms with Crippen molar-refractivity contribution < 1.29 is 14.7 Å². The predicted molar refractivity (Wildman–Crippen MR) is 64.7 cm³/mol. The number of hydrogen-bond acceptors (Lipinski definition) is 3. The van der Waals surface area contributed by atoms with Crippen LogP contribution in [-0.2, 0) is 9.59 Å². The summed E-state index contributed by atoms with van der Waals surface area (Å²) in [5.74, 6) is -0.673. The molecule has 1 saturated heterocycles. The summed E-state index contributed by atoms with van der Waals surface area (Å²) in [6, 6.07) is 0. The van der Waals surface area contributed by atoms with E-state index >= 15 is 0 Å². The van der Waals surface area contributed by atoms with Gasteiger partial charge in [-0.2, -0.15) is 0 Å². The van der Waals surface area contributed by atoms with Gasteiger partial charge in [0.1, 0.15) is 0 Å². The first kappa shape index (κ1) is 14.0. The van der Waals surface area contributed by atoms with Crippen LogP contribution in [0.1, 0.15) is 32.6 Å². The molecule has 0 aromatic rings. The number of amides is 1. The van der Waals surface area contributed by atoms with Crippen LogP contribution in [0.5, 0.6) is 0 Å². The third-order valence-corrected chi connectivity index (χ3v) is 2.98. The molecule has 0 saturated carbocycles. The van der Waals surface area contributed by atoms with Gasteiger partial charge in [0.25, 0.3) is 0 Å². The van der Waals surface area contributed by atoms with Gasteiger partial charge in [0.05, 0.1) is 6.42 Å². The zero-order valence-corrected chi connectivity index (χ0v) is 10.4. The largest absolute Gasteiger partial charge is 0.481 e. The molecule has 17 heavy (non-hydrogen) atoms. The molecule has 1 atom stereocenters. The van der Waals surface area contributed by atoms with Crippen molar-refractivity contribution in [1.29, 1.82) is 0 Å². The topological polar surface area (TPSA) is 69.6 Å². The molecular weight excluding hydrogens is 220 g/mol. The number of likely N-dealkylation sites (tertiary alicyclic amines) is 1. The molecule has 2 N–H and O–H groups in total. The van der Waals surface area contributed by atoms with E-state index in [1.807, 2.05) is 0 Å². The van der Waals surface area contributed by atoms with E-state index < -0.39 is 5.97 Å². The summed E-state index contributed by atoms with van der Waals surface area (Å²) in [4.78, 5) is 24.0. The van der Waals surface area contributed by atoms with Crippen LogP contribution in [0.4, 0.5) is 0 Å². The lowest BCUT2D eigenvalue weighted by atomic mass is 10.1. The van der Waals surface area contributed by atoms with Crippen LogP contribution in [0.25, 0.3) is 0 Å². The smallest absolute Gasteiger partial charge is 0.303 e. The number of nitrogens with zero attached hydrogens (tertiary/aromatic N) is 1. The van der Waals surface area contributed by atoms with Crippen molar-refractivity contribution in [3.8, 4) is 0 Å². The molecule has 0 aromatic carbocycles.